The van der Waals surface area contributed by atoms with Crippen LogP contribution in [0.1, 0.15) is 25.8 Å². The number of hydrogen-bond donors (Lipinski definition) is 1. The maximum atomic E-state index is 12.9. The number of anilines is 2. The monoisotopic (exact) mass is 418 g/mol. The number of hydrogen-bond acceptors (Lipinski definition) is 6. The van der Waals surface area contributed by atoms with Crippen molar-refractivity contribution in [3.8, 4) is 5.75 Å². The Labute approximate surface area is 171 Å². The molecule has 0 fully saturated rings. The maximum Gasteiger partial charge on any atom is 0.366 e. The van der Waals surface area contributed by atoms with Gasteiger partial charge in [0, 0.05) is 16.8 Å². The summed E-state index contributed by atoms with van der Waals surface area (Å²) in [6.45, 7) is 5.12. The van der Waals surface area contributed by atoms with Crippen LogP contribution in [0.4, 0.5) is 17.3 Å². The number of carbonyl (C=O) groups excluding carboxylic acids is 2. The number of aromatic nitrogens is 1. The van der Waals surface area contributed by atoms with E-state index in [1.54, 1.807) is 25.1 Å². The molecule has 0 aliphatic carbocycles. The van der Waals surface area contributed by atoms with Crippen LogP contribution in [0.2, 0.25) is 5.02 Å². The summed E-state index contributed by atoms with van der Waals surface area (Å²) in [5.41, 5.74) is 1.33. The van der Waals surface area contributed by atoms with Crippen molar-refractivity contribution in [1.29, 1.82) is 0 Å². The second-order valence-electron chi connectivity index (χ2n) is 6.60. The number of benzene rings is 1. The number of nitrogens with one attached hydrogen (secondary N) is 1. The third-order valence-electron chi connectivity index (χ3n) is 4.60. The molecule has 10 heteroatoms. The minimum absolute atomic E-state index is 0.0570. The number of amides is 2. The molecule has 1 N–H and O–H groups in total. The summed E-state index contributed by atoms with van der Waals surface area (Å²) in [6.07, 6.45) is -0.442. The highest BCUT2D eigenvalue weighted by Gasteiger charge is 2.42. The van der Waals surface area contributed by atoms with Gasteiger partial charge in [-0.15, -0.1) is 0 Å². The molecule has 1 aromatic carbocycles. The largest absolute Gasteiger partial charge is 0.474 e. The molecule has 9 nitrogen and oxygen atoms in total. The van der Waals surface area contributed by atoms with E-state index >= 15 is 0 Å². The van der Waals surface area contributed by atoms with E-state index in [1.165, 1.54) is 19.1 Å². The first-order chi connectivity index (χ1) is 13.7. The van der Waals surface area contributed by atoms with Crippen molar-refractivity contribution < 1.29 is 19.2 Å². The summed E-state index contributed by atoms with van der Waals surface area (Å²) in [5, 5.41) is 14.3. The molecule has 0 saturated heterocycles. The molecule has 1 aliphatic heterocycles. The highest BCUT2D eigenvalue weighted by Crippen LogP contribution is 2.36. The summed E-state index contributed by atoms with van der Waals surface area (Å²) in [4.78, 5) is 41.2. The van der Waals surface area contributed by atoms with E-state index in [0.29, 0.717) is 17.1 Å². The number of carbonyl (C=O) groups is 2. The van der Waals surface area contributed by atoms with E-state index in [-0.39, 0.29) is 11.6 Å². The van der Waals surface area contributed by atoms with E-state index in [0.717, 1.165) is 10.5 Å². The molecule has 1 aromatic heterocycles. The molecule has 0 radical (unpaired) electrons. The van der Waals surface area contributed by atoms with Crippen LogP contribution in [0.5, 0.6) is 5.75 Å². The van der Waals surface area contributed by atoms with Gasteiger partial charge >= 0.3 is 5.82 Å². The Kier molecular flexibility index (Phi) is 5.69. The van der Waals surface area contributed by atoms with Gasteiger partial charge in [0.1, 0.15) is 6.04 Å². The number of nitrogens with zero attached hydrogens (tertiary/aromatic N) is 3. The van der Waals surface area contributed by atoms with Gasteiger partial charge < -0.3 is 20.2 Å². The van der Waals surface area contributed by atoms with Gasteiger partial charge in [0.25, 0.3) is 11.7 Å². The maximum absolute atomic E-state index is 12.9. The molecule has 3 rings (SSSR count). The molecule has 2 atom stereocenters. The molecule has 152 valence electrons. The Balaban J connectivity index is 1.95. The Morgan fingerprint density at radius 3 is 2.76 bits per heavy atom. The normalized spacial score (nSPS) is 16.6. The molecule has 0 spiro atoms. The lowest BCUT2D eigenvalue weighted by Crippen LogP contribution is -2.53. The number of nitro groups is 1. The molecule has 0 bridgehead atoms. The van der Waals surface area contributed by atoms with Crippen molar-refractivity contribution >= 4 is 40.7 Å². The number of rotatable bonds is 5. The van der Waals surface area contributed by atoms with Crippen LogP contribution in [-0.4, -0.2) is 33.9 Å². The zero-order chi connectivity index (χ0) is 21.3. The highest BCUT2D eigenvalue weighted by atomic mass is 35.5. The molecular weight excluding hydrogens is 400 g/mol. The summed E-state index contributed by atoms with van der Waals surface area (Å²) in [6, 6.07) is 6.64. The summed E-state index contributed by atoms with van der Waals surface area (Å²) in [7, 11) is 0. The lowest BCUT2D eigenvalue weighted by Gasteiger charge is -2.33. The SMILES string of the molecule is CCC1Oc2ccc([N+](=O)[O-])nc2N(C(C)C(=O)Nc2ccc(C)c(Cl)c2)C1=O. The molecular formula is C19H19ClN4O5. The molecule has 0 saturated carbocycles. The van der Waals surface area contributed by atoms with E-state index in [1.807, 2.05) is 6.92 Å². The Morgan fingerprint density at radius 1 is 1.41 bits per heavy atom. The molecule has 29 heavy (non-hydrogen) atoms. The predicted octanol–water partition coefficient (Wildman–Crippen LogP) is 3.48. The smallest absolute Gasteiger partial charge is 0.366 e. The first-order valence-electron chi connectivity index (χ1n) is 8.95. The van der Waals surface area contributed by atoms with Gasteiger partial charge in [0.05, 0.1) is 0 Å². The molecule has 1 aliphatic rings. The average molecular weight is 419 g/mol. The number of pyridine rings is 1. The first-order valence-corrected chi connectivity index (χ1v) is 9.33. The summed E-state index contributed by atoms with van der Waals surface area (Å²) >= 11 is 6.09. The van der Waals surface area contributed by atoms with Crippen LogP contribution in [0.3, 0.4) is 0 Å². The van der Waals surface area contributed by atoms with Gasteiger partial charge in [-0.1, -0.05) is 24.6 Å². The van der Waals surface area contributed by atoms with Gasteiger partial charge in [-0.25, -0.2) is 0 Å². The number of fused-ring (bicyclic) bond motifs is 1. The van der Waals surface area contributed by atoms with Crippen molar-refractivity contribution in [1.82, 2.24) is 4.98 Å². The Bertz CT molecular complexity index is 997. The number of ether oxygens (including phenoxy) is 1. The van der Waals surface area contributed by atoms with Crippen molar-refractivity contribution in [2.45, 2.75) is 39.3 Å². The topological polar surface area (TPSA) is 115 Å². The summed E-state index contributed by atoms with van der Waals surface area (Å²) < 4.78 is 5.61. The molecule has 2 aromatic rings. The molecule has 2 unspecified atom stereocenters. The lowest BCUT2D eigenvalue weighted by molar-refractivity contribution is -0.389. The minimum atomic E-state index is -0.992. The van der Waals surface area contributed by atoms with Crippen LogP contribution in [0, 0.1) is 17.0 Å². The van der Waals surface area contributed by atoms with E-state index in [4.69, 9.17) is 16.3 Å². The van der Waals surface area contributed by atoms with Crippen molar-refractivity contribution in [3.05, 3.63) is 51.0 Å². The van der Waals surface area contributed by atoms with E-state index in [2.05, 4.69) is 10.3 Å². The predicted molar refractivity (Wildman–Crippen MR) is 107 cm³/mol. The van der Waals surface area contributed by atoms with Gasteiger partial charge in [-0.05, 0) is 53.9 Å². The van der Waals surface area contributed by atoms with Gasteiger partial charge in [-0.2, -0.15) is 0 Å². The van der Waals surface area contributed by atoms with Crippen LogP contribution in [-0.2, 0) is 9.59 Å². The highest BCUT2D eigenvalue weighted by molar-refractivity contribution is 6.31. The fourth-order valence-electron chi connectivity index (χ4n) is 2.92. The van der Waals surface area contributed by atoms with Crippen molar-refractivity contribution in [2.75, 3.05) is 10.2 Å². The molecule has 2 heterocycles. The van der Waals surface area contributed by atoms with Crippen molar-refractivity contribution in [3.63, 3.8) is 0 Å². The van der Waals surface area contributed by atoms with Gasteiger partial charge in [0.15, 0.2) is 11.9 Å². The molecule has 2 amide bonds. The third-order valence-corrected chi connectivity index (χ3v) is 5.01. The standard InChI is InChI=1S/C19H19ClN4O5/c1-4-14-19(26)23(17-15(29-14)7-8-16(22-17)24(27)28)11(3)18(25)21-12-6-5-10(2)13(20)9-12/h5-9,11,14H,4H2,1-3H3,(H,21,25). The van der Waals surface area contributed by atoms with Gasteiger partial charge in [-0.3, -0.25) is 14.5 Å². The second kappa shape index (κ2) is 8.04. The average Bonchev–Trinajstić information content (AvgIpc) is 2.69. The third kappa shape index (κ3) is 4.00. The summed E-state index contributed by atoms with van der Waals surface area (Å²) in [5.74, 6) is -1.27. The second-order valence-corrected chi connectivity index (χ2v) is 7.01. The van der Waals surface area contributed by atoms with E-state index < -0.39 is 34.7 Å². The first kappa shape index (κ1) is 20.5. The fourth-order valence-corrected chi connectivity index (χ4v) is 3.10. The zero-order valence-electron chi connectivity index (χ0n) is 16.0. The van der Waals surface area contributed by atoms with Crippen LogP contribution >= 0.6 is 11.6 Å². The van der Waals surface area contributed by atoms with E-state index in [9.17, 15) is 19.7 Å². The lowest BCUT2D eigenvalue weighted by atomic mass is 10.1. The van der Waals surface area contributed by atoms with Gasteiger partial charge in [0.2, 0.25) is 5.91 Å². The Hall–Kier alpha value is -3.20. The minimum Gasteiger partial charge on any atom is -0.474 e. The van der Waals surface area contributed by atoms with Crippen LogP contribution in [0.15, 0.2) is 30.3 Å². The number of aryl methyl sites for hydroxylation is 1. The number of halogens is 1. The quantitative estimate of drug-likeness (QED) is 0.587. The van der Waals surface area contributed by atoms with Crippen LogP contribution < -0.4 is 15.0 Å². The van der Waals surface area contributed by atoms with Crippen LogP contribution in [0.25, 0.3) is 0 Å². The fraction of sp³-hybridized carbons (Fsp3) is 0.316. The Morgan fingerprint density at radius 2 is 2.14 bits per heavy atom. The zero-order valence-corrected chi connectivity index (χ0v) is 16.8. The van der Waals surface area contributed by atoms with Crippen molar-refractivity contribution in [2.24, 2.45) is 0 Å².